The highest BCUT2D eigenvalue weighted by atomic mass is 79.9. The number of thiazole rings is 1. The molecule has 2 aromatic heterocycles. The Hall–Kier alpha value is -2.40. The van der Waals surface area contributed by atoms with Crippen LogP contribution < -0.4 is 15.4 Å². The molecular formula is C21H28BrN5O4S. The Morgan fingerprint density at radius 1 is 1.19 bits per heavy atom. The van der Waals surface area contributed by atoms with Crippen molar-refractivity contribution in [2.24, 2.45) is 5.92 Å². The van der Waals surface area contributed by atoms with Gasteiger partial charge in [0.1, 0.15) is 17.2 Å². The first-order valence-electron chi connectivity index (χ1n) is 10.4. The number of carbonyl (C=O) groups excluding carboxylic acids is 2. The minimum Gasteiger partial charge on any atom is -0.478 e. The summed E-state index contributed by atoms with van der Waals surface area (Å²) in [6, 6.07) is 4.79. The second-order valence-electron chi connectivity index (χ2n) is 8.47. The summed E-state index contributed by atoms with van der Waals surface area (Å²) >= 11 is 4.64. The van der Waals surface area contributed by atoms with E-state index >= 15 is 0 Å². The van der Waals surface area contributed by atoms with Crippen molar-refractivity contribution in [3.8, 4) is 5.88 Å². The van der Waals surface area contributed by atoms with E-state index in [-0.39, 0.29) is 6.09 Å². The van der Waals surface area contributed by atoms with Gasteiger partial charge in [0.15, 0.2) is 3.92 Å². The van der Waals surface area contributed by atoms with Crippen molar-refractivity contribution in [3.05, 3.63) is 27.5 Å². The highest BCUT2D eigenvalue weighted by Crippen LogP contribution is 2.23. The summed E-state index contributed by atoms with van der Waals surface area (Å²) in [7, 11) is 0. The van der Waals surface area contributed by atoms with Crippen LogP contribution in [0.4, 0.5) is 21.2 Å². The topological polar surface area (TPSA) is 106 Å². The molecule has 9 nitrogen and oxygen atoms in total. The lowest BCUT2D eigenvalue weighted by molar-refractivity contribution is 0.0177. The van der Waals surface area contributed by atoms with Crippen LogP contribution in [0.2, 0.25) is 0 Å². The predicted molar refractivity (Wildman–Crippen MR) is 127 cm³/mol. The van der Waals surface area contributed by atoms with Crippen LogP contribution in [0.25, 0.3) is 0 Å². The molecule has 0 saturated carbocycles. The molecular weight excluding hydrogens is 498 g/mol. The molecule has 0 atom stereocenters. The maximum atomic E-state index is 12.2. The van der Waals surface area contributed by atoms with E-state index in [1.54, 1.807) is 28.5 Å². The molecule has 0 unspecified atom stereocenters. The lowest BCUT2D eigenvalue weighted by Gasteiger charge is -2.33. The average Bonchev–Trinajstić information content (AvgIpc) is 3.12. The van der Waals surface area contributed by atoms with Crippen molar-refractivity contribution in [1.82, 2.24) is 14.9 Å². The standard InChI is InChI=1S/C21H28BrN5O4S/c1-21(2,3)31-20(29)27-10-7-14(8-11-27)9-12-30-17-6-4-5-15(23-17)25-19(28)26-16-13-32-18(22)24-16/h4-6,13-14H,7-12H2,1-3H3,(H2,23,25,26,28). The van der Waals surface area contributed by atoms with Gasteiger partial charge in [-0.1, -0.05) is 6.07 Å². The minimum atomic E-state index is -0.475. The van der Waals surface area contributed by atoms with Crippen LogP contribution in [0.15, 0.2) is 27.5 Å². The number of ether oxygens (including phenoxy) is 2. The van der Waals surface area contributed by atoms with Crippen LogP contribution in [-0.2, 0) is 4.74 Å². The molecule has 174 valence electrons. The van der Waals surface area contributed by atoms with Crippen LogP contribution >= 0.6 is 27.3 Å². The molecule has 0 radical (unpaired) electrons. The summed E-state index contributed by atoms with van der Waals surface area (Å²) in [5, 5.41) is 7.04. The van der Waals surface area contributed by atoms with Gasteiger partial charge in [-0.3, -0.25) is 10.6 Å². The van der Waals surface area contributed by atoms with Gasteiger partial charge in [0, 0.05) is 24.5 Å². The zero-order valence-corrected chi connectivity index (χ0v) is 20.8. The van der Waals surface area contributed by atoms with Gasteiger partial charge < -0.3 is 14.4 Å². The number of halogens is 1. The molecule has 32 heavy (non-hydrogen) atoms. The van der Waals surface area contributed by atoms with Gasteiger partial charge in [-0.2, -0.15) is 4.98 Å². The number of urea groups is 1. The fraction of sp³-hybridized carbons (Fsp3) is 0.524. The van der Waals surface area contributed by atoms with E-state index in [0.717, 1.165) is 19.3 Å². The van der Waals surface area contributed by atoms with Crippen molar-refractivity contribution in [2.75, 3.05) is 30.3 Å². The number of carbonyl (C=O) groups is 2. The van der Waals surface area contributed by atoms with Crippen LogP contribution in [0, 0.1) is 5.92 Å². The van der Waals surface area contributed by atoms with Crippen molar-refractivity contribution in [1.29, 1.82) is 0 Å². The molecule has 3 amide bonds. The van der Waals surface area contributed by atoms with Crippen molar-refractivity contribution in [3.63, 3.8) is 0 Å². The second-order valence-corrected chi connectivity index (χ2v) is 10.6. The first kappa shape index (κ1) is 24.2. The lowest BCUT2D eigenvalue weighted by atomic mass is 9.94. The van der Waals surface area contributed by atoms with Crippen LogP contribution in [0.1, 0.15) is 40.0 Å². The second kappa shape index (κ2) is 11.0. The Bertz CT molecular complexity index is 925. The Labute approximate surface area is 200 Å². The van der Waals surface area contributed by atoms with Gasteiger partial charge in [-0.05, 0) is 67.9 Å². The number of rotatable bonds is 6. The van der Waals surface area contributed by atoms with Gasteiger partial charge in [-0.25, -0.2) is 14.6 Å². The molecule has 0 aromatic carbocycles. The number of nitrogens with zero attached hydrogens (tertiary/aromatic N) is 3. The number of anilines is 2. The first-order chi connectivity index (χ1) is 15.2. The van der Waals surface area contributed by atoms with Gasteiger partial charge in [0.2, 0.25) is 5.88 Å². The van der Waals surface area contributed by atoms with Crippen molar-refractivity contribution >= 4 is 51.0 Å². The molecule has 0 spiro atoms. The van der Waals surface area contributed by atoms with Crippen LogP contribution in [-0.4, -0.2) is 52.3 Å². The Balaban J connectivity index is 1.38. The summed E-state index contributed by atoms with van der Waals surface area (Å²) in [6.45, 7) is 7.54. The number of pyridine rings is 1. The number of likely N-dealkylation sites (tertiary alicyclic amines) is 1. The fourth-order valence-corrected chi connectivity index (χ4v) is 4.14. The van der Waals surface area contributed by atoms with Crippen molar-refractivity contribution < 1.29 is 19.1 Å². The Morgan fingerprint density at radius 3 is 2.56 bits per heavy atom. The average molecular weight is 526 g/mol. The molecule has 1 aliphatic heterocycles. The summed E-state index contributed by atoms with van der Waals surface area (Å²) in [4.78, 5) is 34.5. The number of piperidine rings is 1. The largest absolute Gasteiger partial charge is 0.478 e. The Morgan fingerprint density at radius 2 is 1.91 bits per heavy atom. The maximum Gasteiger partial charge on any atom is 0.410 e. The number of amides is 3. The molecule has 11 heteroatoms. The van der Waals surface area contributed by atoms with Crippen LogP contribution in [0.5, 0.6) is 5.88 Å². The summed E-state index contributed by atoms with van der Waals surface area (Å²) < 4.78 is 11.9. The predicted octanol–water partition coefficient (Wildman–Crippen LogP) is 5.36. The van der Waals surface area contributed by atoms with E-state index in [1.807, 2.05) is 20.8 Å². The monoisotopic (exact) mass is 525 g/mol. The number of hydrogen-bond donors (Lipinski definition) is 2. The molecule has 2 aromatic rings. The molecule has 2 N–H and O–H groups in total. The third-order valence-corrected chi connectivity index (χ3v) is 6.09. The van der Waals surface area contributed by atoms with E-state index in [9.17, 15) is 9.59 Å². The highest BCUT2D eigenvalue weighted by Gasteiger charge is 2.26. The van der Waals surface area contributed by atoms with Crippen LogP contribution in [0.3, 0.4) is 0 Å². The van der Waals surface area contributed by atoms with Gasteiger partial charge in [-0.15, -0.1) is 11.3 Å². The SMILES string of the molecule is CC(C)(C)OC(=O)N1CCC(CCOc2cccc(NC(=O)Nc3csc(Br)n3)n2)CC1. The molecule has 0 bridgehead atoms. The molecule has 1 fully saturated rings. The maximum absolute atomic E-state index is 12.2. The summed E-state index contributed by atoms with van der Waals surface area (Å²) in [5.74, 6) is 1.79. The molecule has 3 heterocycles. The molecule has 1 aliphatic rings. The number of hydrogen-bond acceptors (Lipinski definition) is 7. The van der Waals surface area contributed by atoms with E-state index in [4.69, 9.17) is 9.47 Å². The third kappa shape index (κ3) is 7.94. The first-order valence-corrected chi connectivity index (χ1v) is 12.1. The Kier molecular flexibility index (Phi) is 8.30. The zero-order valence-electron chi connectivity index (χ0n) is 18.4. The molecule has 3 rings (SSSR count). The van der Waals surface area contributed by atoms with Gasteiger partial charge in [0.25, 0.3) is 0 Å². The smallest absolute Gasteiger partial charge is 0.410 e. The lowest BCUT2D eigenvalue weighted by Crippen LogP contribution is -2.41. The zero-order chi connectivity index (χ0) is 23.1. The van der Waals surface area contributed by atoms with E-state index in [2.05, 4.69) is 36.5 Å². The third-order valence-electron chi connectivity index (χ3n) is 4.73. The fourth-order valence-electron chi connectivity index (χ4n) is 3.20. The molecule has 1 saturated heterocycles. The van der Waals surface area contributed by atoms with Gasteiger partial charge >= 0.3 is 12.1 Å². The van der Waals surface area contributed by atoms with Gasteiger partial charge in [0.05, 0.1) is 6.61 Å². The number of nitrogens with one attached hydrogen (secondary N) is 2. The summed E-state index contributed by atoms with van der Waals surface area (Å²) in [6.07, 6.45) is 2.47. The normalized spacial score (nSPS) is 14.7. The number of aromatic nitrogens is 2. The van der Waals surface area contributed by atoms with E-state index < -0.39 is 11.6 Å². The molecule has 0 aliphatic carbocycles. The van der Waals surface area contributed by atoms with Crippen molar-refractivity contribution in [2.45, 2.75) is 45.6 Å². The summed E-state index contributed by atoms with van der Waals surface area (Å²) in [5.41, 5.74) is -0.475. The van der Waals surface area contributed by atoms with E-state index in [1.165, 1.54) is 11.3 Å². The van der Waals surface area contributed by atoms with E-state index in [0.29, 0.717) is 47.0 Å². The quantitative estimate of drug-likeness (QED) is 0.525. The minimum absolute atomic E-state index is 0.243. The highest BCUT2D eigenvalue weighted by molar-refractivity contribution is 9.11.